The lowest BCUT2D eigenvalue weighted by Crippen LogP contribution is -2.05. The third-order valence-corrected chi connectivity index (χ3v) is 3.45. The van der Waals surface area contributed by atoms with Gasteiger partial charge in [0.1, 0.15) is 5.82 Å². The summed E-state index contributed by atoms with van der Waals surface area (Å²) in [6.45, 7) is 1.93. The van der Waals surface area contributed by atoms with Gasteiger partial charge in [0.05, 0.1) is 22.6 Å². The molecule has 0 fully saturated rings. The first-order chi connectivity index (χ1) is 9.38. The summed E-state index contributed by atoms with van der Waals surface area (Å²) < 4.78 is 14.5. The van der Waals surface area contributed by atoms with Gasteiger partial charge < -0.3 is 16.2 Å². The van der Waals surface area contributed by atoms with Crippen LogP contribution in [0.2, 0.25) is 0 Å². The third-order valence-electron chi connectivity index (χ3n) is 2.76. The number of carboxylic acid groups (broad SMARTS) is 1. The molecule has 2 aromatic rings. The maximum Gasteiger partial charge on any atom is 0.338 e. The van der Waals surface area contributed by atoms with E-state index in [4.69, 9.17) is 10.8 Å². The van der Waals surface area contributed by atoms with E-state index in [2.05, 4.69) is 21.2 Å². The van der Waals surface area contributed by atoms with Crippen LogP contribution in [-0.2, 0) is 0 Å². The summed E-state index contributed by atoms with van der Waals surface area (Å²) in [7, 11) is 0. The molecule has 2 aromatic carbocycles. The Morgan fingerprint density at radius 3 is 2.65 bits per heavy atom. The van der Waals surface area contributed by atoms with Crippen LogP contribution in [0.1, 0.15) is 15.9 Å². The smallest absolute Gasteiger partial charge is 0.338 e. The van der Waals surface area contributed by atoms with Gasteiger partial charge in [0.2, 0.25) is 0 Å². The van der Waals surface area contributed by atoms with Crippen molar-refractivity contribution in [1.82, 2.24) is 0 Å². The summed E-state index contributed by atoms with van der Waals surface area (Å²) in [6.07, 6.45) is 0. The number of nitrogen functional groups attached to an aromatic ring is 1. The molecule has 0 amide bonds. The minimum atomic E-state index is -1.35. The van der Waals surface area contributed by atoms with Crippen LogP contribution in [-0.4, -0.2) is 11.1 Å². The molecule has 0 saturated heterocycles. The summed E-state index contributed by atoms with van der Waals surface area (Å²) in [6, 6.07) is 7.83. The van der Waals surface area contributed by atoms with Gasteiger partial charge in [-0.2, -0.15) is 0 Å². The number of rotatable bonds is 3. The molecule has 0 saturated carbocycles. The van der Waals surface area contributed by atoms with E-state index < -0.39 is 17.3 Å². The summed E-state index contributed by atoms with van der Waals surface area (Å²) in [4.78, 5) is 10.8. The Balaban J connectivity index is 2.42. The number of carbonyl (C=O) groups is 1. The van der Waals surface area contributed by atoms with Gasteiger partial charge in [-0.25, -0.2) is 9.18 Å². The van der Waals surface area contributed by atoms with Gasteiger partial charge in [0.15, 0.2) is 0 Å². The zero-order valence-corrected chi connectivity index (χ0v) is 12.2. The fourth-order valence-electron chi connectivity index (χ4n) is 1.74. The molecule has 0 unspecified atom stereocenters. The van der Waals surface area contributed by atoms with Gasteiger partial charge in [-0.3, -0.25) is 0 Å². The van der Waals surface area contributed by atoms with E-state index in [1.165, 1.54) is 0 Å². The lowest BCUT2D eigenvalue weighted by molar-refractivity contribution is 0.0692. The molecule has 6 heteroatoms. The Kier molecular flexibility index (Phi) is 3.94. The maximum absolute atomic E-state index is 13.7. The first kappa shape index (κ1) is 14.3. The average Bonchev–Trinajstić information content (AvgIpc) is 2.37. The molecule has 0 aliphatic carbocycles. The van der Waals surface area contributed by atoms with Crippen LogP contribution in [0.25, 0.3) is 0 Å². The number of aryl methyl sites for hydroxylation is 1. The van der Waals surface area contributed by atoms with Crippen LogP contribution < -0.4 is 11.1 Å². The van der Waals surface area contributed by atoms with Gasteiger partial charge >= 0.3 is 5.97 Å². The SMILES string of the molecule is Cc1ccc(Br)c(Nc2cc(F)c(C(=O)O)cc2N)c1. The van der Waals surface area contributed by atoms with Gasteiger partial charge in [0, 0.05) is 10.5 Å². The van der Waals surface area contributed by atoms with E-state index in [9.17, 15) is 9.18 Å². The number of aromatic carboxylic acids is 1. The molecule has 0 aliphatic rings. The summed E-state index contributed by atoms with van der Waals surface area (Å²) >= 11 is 3.38. The van der Waals surface area contributed by atoms with Crippen LogP contribution in [0, 0.1) is 12.7 Å². The fraction of sp³-hybridized carbons (Fsp3) is 0.0714. The van der Waals surface area contributed by atoms with E-state index in [0.29, 0.717) is 5.69 Å². The molecular formula is C14H12BrFN2O2. The highest BCUT2D eigenvalue weighted by Crippen LogP contribution is 2.31. The van der Waals surface area contributed by atoms with Crippen molar-refractivity contribution in [3.63, 3.8) is 0 Å². The quantitative estimate of drug-likeness (QED) is 0.741. The first-order valence-corrected chi connectivity index (χ1v) is 6.53. The van der Waals surface area contributed by atoms with Crippen molar-refractivity contribution in [2.75, 3.05) is 11.1 Å². The average molecular weight is 339 g/mol. The Morgan fingerprint density at radius 1 is 1.30 bits per heavy atom. The molecule has 0 heterocycles. The summed E-state index contributed by atoms with van der Waals surface area (Å²) in [5, 5.41) is 11.8. The van der Waals surface area contributed by atoms with Crippen molar-refractivity contribution < 1.29 is 14.3 Å². The highest BCUT2D eigenvalue weighted by molar-refractivity contribution is 9.10. The summed E-state index contributed by atoms with van der Waals surface area (Å²) in [5.41, 5.74) is 7.54. The minimum Gasteiger partial charge on any atom is -0.478 e. The molecular weight excluding hydrogens is 327 g/mol. The lowest BCUT2D eigenvalue weighted by atomic mass is 10.1. The van der Waals surface area contributed by atoms with Crippen LogP contribution >= 0.6 is 15.9 Å². The number of hydrogen-bond acceptors (Lipinski definition) is 3. The fourth-order valence-corrected chi connectivity index (χ4v) is 2.09. The lowest BCUT2D eigenvalue weighted by Gasteiger charge is -2.13. The van der Waals surface area contributed by atoms with Crippen molar-refractivity contribution >= 4 is 39.0 Å². The van der Waals surface area contributed by atoms with Crippen LogP contribution in [0.15, 0.2) is 34.8 Å². The van der Waals surface area contributed by atoms with Crippen LogP contribution in [0.5, 0.6) is 0 Å². The predicted molar refractivity (Wildman–Crippen MR) is 79.9 cm³/mol. The zero-order valence-electron chi connectivity index (χ0n) is 10.6. The molecule has 2 rings (SSSR count). The van der Waals surface area contributed by atoms with Crippen LogP contribution in [0.3, 0.4) is 0 Å². The normalized spacial score (nSPS) is 10.3. The van der Waals surface area contributed by atoms with Gasteiger partial charge in [0.25, 0.3) is 0 Å². The highest BCUT2D eigenvalue weighted by atomic mass is 79.9. The van der Waals surface area contributed by atoms with Gasteiger partial charge in [-0.15, -0.1) is 0 Å². The molecule has 0 aromatic heterocycles. The van der Waals surface area contributed by atoms with Crippen molar-refractivity contribution in [3.05, 3.63) is 51.7 Å². The number of nitrogens with one attached hydrogen (secondary N) is 1. The van der Waals surface area contributed by atoms with Crippen molar-refractivity contribution in [3.8, 4) is 0 Å². The third kappa shape index (κ3) is 2.91. The Bertz CT molecular complexity index is 689. The van der Waals surface area contributed by atoms with Crippen molar-refractivity contribution in [2.45, 2.75) is 6.92 Å². The number of hydrogen-bond donors (Lipinski definition) is 3. The predicted octanol–water partition coefficient (Wildman–Crippen LogP) is 3.92. The Hall–Kier alpha value is -2.08. The highest BCUT2D eigenvalue weighted by Gasteiger charge is 2.14. The second-order valence-corrected chi connectivity index (χ2v) is 5.19. The molecule has 0 spiro atoms. The topological polar surface area (TPSA) is 75.3 Å². The van der Waals surface area contributed by atoms with Crippen molar-refractivity contribution in [2.24, 2.45) is 0 Å². The molecule has 104 valence electrons. The number of benzene rings is 2. The van der Waals surface area contributed by atoms with E-state index in [0.717, 1.165) is 27.9 Å². The number of halogens is 2. The molecule has 0 bridgehead atoms. The number of carboxylic acids is 1. The minimum absolute atomic E-state index is 0.164. The second-order valence-electron chi connectivity index (χ2n) is 4.33. The molecule has 0 aliphatic heterocycles. The number of anilines is 3. The van der Waals surface area contributed by atoms with E-state index >= 15 is 0 Å². The molecule has 4 N–H and O–H groups in total. The molecule has 20 heavy (non-hydrogen) atoms. The molecule has 4 nitrogen and oxygen atoms in total. The standard InChI is InChI=1S/C14H12BrFN2O2/c1-7-2-3-9(15)12(4-7)18-13-6-10(16)8(14(19)20)5-11(13)17/h2-6,18H,17H2,1H3,(H,19,20). The van der Waals surface area contributed by atoms with Crippen molar-refractivity contribution in [1.29, 1.82) is 0 Å². The largest absolute Gasteiger partial charge is 0.478 e. The zero-order chi connectivity index (χ0) is 14.9. The Morgan fingerprint density at radius 2 is 2.00 bits per heavy atom. The molecule has 0 atom stereocenters. The monoisotopic (exact) mass is 338 g/mol. The van der Waals surface area contributed by atoms with E-state index in [1.54, 1.807) is 0 Å². The number of nitrogens with two attached hydrogens (primary N) is 1. The first-order valence-electron chi connectivity index (χ1n) is 5.74. The maximum atomic E-state index is 13.7. The summed E-state index contributed by atoms with van der Waals surface area (Å²) in [5.74, 6) is -2.18. The van der Waals surface area contributed by atoms with E-state index in [1.807, 2.05) is 25.1 Å². The molecule has 0 radical (unpaired) electrons. The van der Waals surface area contributed by atoms with E-state index in [-0.39, 0.29) is 5.69 Å². The Labute approximate surface area is 123 Å². The van der Waals surface area contributed by atoms with Crippen LogP contribution in [0.4, 0.5) is 21.5 Å². The van der Waals surface area contributed by atoms with Gasteiger partial charge in [-0.1, -0.05) is 6.07 Å². The second kappa shape index (κ2) is 5.50. The van der Waals surface area contributed by atoms with Gasteiger partial charge in [-0.05, 0) is 46.6 Å².